The molecule has 0 aliphatic carbocycles. The summed E-state index contributed by atoms with van der Waals surface area (Å²) in [6.07, 6.45) is 1.16. The Kier molecular flexibility index (Phi) is 2.27. The number of hydrogen-bond acceptors (Lipinski definition) is 3. The number of rotatable bonds is 1. The summed E-state index contributed by atoms with van der Waals surface area (Å²) in [6, 6.07) is 6.33. The molecule has 4 rings (SSSR count). The van der Waals surface area contributed by atoms with Crippen molar-refractivity contribution in [3.05, 3.63) is 35.3 Å². The first-order chi connectivity index (χ1) is 9.22. The highest BCUT2D eigenvalue weighted by Crippen LogP contribution is 2.38. The van der Waals surface area contributed by atoms with Gasteiger partial charge in [0.15, 0.2) is 0 Å². The Morgan fingerprint density at radius 3 is 2.74 bits per heavy atom. The second-order valence-electron chi connectivity index (χ2n) is 5.52. The highest BCUT2D eigenvalue weighted by Gasteiger charge is 2.24. The van der Waals surface area contributed by atoms with Crippen molar-refractivity contribution in [2.45, 2.75) is 26.2 Å². The summed E-state index contributed by atoms with van der Waals surface area (Å²) in [6.45, 7) is 6.12. The highest BCUT2D eigenvalue weighted by molar-refractivity contribution is 5.98. The van der Waals surface area contributed by atoms with E-state index in [1.165, 1.54) is 10.9 Å². The van der Waals surface area contributed by atoms with E-state index in [1.54, 1.807) is 0 Å². The lowest BCUT2D eigenvalue weighted by Crippen LogP contribution is -2.08. The van der Waals surface area contributed by atoms with Crippen LogP contribution in [-0.4, -0.2) is 13.1 Å². The molecule has 1 saturated heterocycles. The van der Waals surface area contributed by atoms with Crippen LogP contribution in [0.4, 0.5) is 0 Å². The molecular formula is C16H17NO2. The van der Waals surface area contributed by atoms with Crippen LogP contribution in [0.15, 0.2) is 27.0 Å². The molecule has 1 unspecified atom stereocenters. The van der Waals surface area contributed by atoms with Gasteiger partial charge in [0.2, 0.25) is 0 Å². The smallest absolute Gasteiger partial charge is 0.138 e. The van der Waals surface area contributed by atoms with Gasteiger partial charge >= 0.3 is 0 Å². The molecule has 3 aromatic rings. The largest absolute Gasteiger partial charge is 0.461 e. The molecular weight excluding hydrogens is 238 g/mol. The van der Waals surface area contributed by atoms with Crippen LogP contribution < -0.4 is 5.32 Å². The maximum Gasteiger partial charge on any atom is 0.138 e. The second-order valence-corrected chi connectivity index (χ2v) is 5.52. The fourth-order valence-corrected chi connectivity index (χ4v) is 3.27. The van der Waals surface area contributed by atoms with Gasteiger partial charge in [-0.15, -0.1) is 0 Å². The maximum atomic E-state index is 5.96. The van der Waals surface area contributed by atoms with E-state index >= 15 is 0 Å². The minimum atomic E-state index is 0.522. The standard InChI is InChI=1S/C16H17NO2/c1-9-5-12-7-14-13(6-10(2)18-14)15(16(12)19-9)11-3-4-17-8-11/h5-7,11,17H,3-4,8H2,1-2H3. The monoisotopic (exact) mass is 255 g/mol. The number of nitrogens with one attached hydrogen (secondary N) is 1. The van der Waals surface area contributed by atoms with E-state index in [9.17, 15) is 0 Å². The van der Waals surface area contributed by atoms with Crippen LogP contribution in [0.2, 0.25) is 0 Å². The zero-order valence-corrected chi connectivity index (χ0v) is 11.2. The first kappa shape index (κ1) is 11.1. The van der Waals surface area contributed by atoms with Crippen LogP contribution in [0.25, 0.3) is 21.9 Å². The number of hydrogen-bond donors (Lipinski definition) is 1. The summed E-state index contributed by atoms with van der Waals surface area (Å²) in [5.74, 6) is 2.45. The van der Waals surface area contributed by atoms with Crippen LogP contribution in [0, 0.1) is 13.8 Å². The van der Waals surface area contributed by atoms with E-state index in [4.69, 9.17) is 8.83 Å². The molecule has 98 valence electrons. The molecule has 0 spiro atoms. The Bertz CT molecular complexity index is 705. The zero-order chi connectivity index (χ0) is 13.0. The summed E-state index contributed by atoms with van der Waals surface area (Å²) >= 11 is 0. The molecule has 19 heavy (non-hydrogen) atoms. The van der Waals surface area contributed by atoms with Gasteiger partial charge in [0.1, 0.15) is 22.7 Å². The summed E-state index contributed by atoms with van der Waals surface area (Å²) in [5, 5.41) is 5.81. The Hall–Kier alpha value is -1.74. The number of aryl methyl sites for hydroxylation is 2. The normalized spacial score (nSPS) is 19.8. The predicted octanol–water partition coefficient (Wildman–Crippen LogP) is 3.87. The third-order valence-electron chi connectivity index (χ3n) is 4.06. The fraction of sp³-hybridized carbons (Fsp3) is 0.375. The van der Waals surface area contributed by atoms with E-state index < -0.39 is 0 Å². The van der Waals surface area contributed by atoms with Gasteiger partial charge in [-0.2, -0.15) is 0 Å². The predicted molar refractivity (Wildman–Crippen MR) is 75.7 cm³/mol. The van der Waals surface area contributed by atoms with Gasteiger partial charge in [0.25, 0.3) is 0 Å². The molecule has 1 aliphatic heterocycles. The van der Waals surface area contributed by atoms with Gasteiger partial charge in [-0.25, -0.2) is 0 Å². The Balaban J connectivity index is 2.11. The average molecular weight is 255 g/mol. The second kappa shape index (κ2) is 3.87. The minimum Gasteiger partial charge on any atom is -0.461 e. The van der Waals surface area contributed by atoms with Crippen molar-refractivity contribution in [3.63, 3.8) is 0 Å². The average Bonchev–Trinajstić information content (AvgIpc) is 3.03. The topological polar surface area (TPSA) is 38.3 Å². The minimum absolute atomic E-state index is 0.522. The quantitative estimate of drug-likeness (QED) is 0.717. The molecule has 3 nitrogen and oxygen atoms in total. The highest BCUT2D eigenvalue weighted by atomic mass is 16.3. The molecule has 0 saturated carbocycles. The van der Waals surface area contributed by atoms with Gasteiger partial charge in [-0.3, -0.25) is 0 Å². The van der Waals surface area contributed by atoms with Crippen molar-refractivity contribution in [1.82, 2.24) is 5.32 Å². The fourth-order valence-electron chi connectivity index (χ4n) is 3.27. The first-order valence-electron chi connectivity index (χ1n) is 6.86. The Morgan fingerprint density at radius 1 is 1.11 bits per heavy atom. The van der Waals surface area contributed by atoms with E-state index in [2.05, 4.69) is 23.5 Å². The van der Waals surface area contributed by atoms with Crippen molar-refractivity contribution >= 4 is 21.9 Å². The van der Waals surface area contributed by atoms with Crippen LogP contribution in [-0.2, 0) is 0 Å². The van der Waals surface area contributed by atoms with Crippen LogP contribution in [0.3, 0.4) is 0 Å². The molecule has 1 atom stereocenters. The maximum absolute atomic E-state index is 5.96. The Morgan fingerprint density at radius 2 is 1.95 bits per heavy atom. The lowest BCUT2D eigenvalue weighted by atomic mass is 9.93. The van der Waals surface area contributed by atoms with Crippen molar-refractivity contribution in [2.75, 3.05) is 13.1 Å². The molecule has 3 heterocycles. The van der Waals surface area contributed by atoms with Crippen molar-refractivity contribution in [3.8, 4) is 0 Å². The third kappa shape index (κ3) is 1.61. The van der Waals surface area contributed by atoms with E-state index in [-0.39, 0.29) is 0 Å². The van der Waals surface area contributed by atoms with Gasteiger partial charge in [0, 0.05) is 28.8 Å². The molecule has 1 aromatic carbocycles. The number of furan rings is 2. The summed E-state index contributed by atoms with van der Waals surface area (Å²) in [5.41, 5.74) is 3.34. The molecule has 0 amide bonds. The molecule has 1 aliphatic rings. The first-order valence-corrected chi connectivity index (χ1v) is 6.86. The van der Waals surface area contributed by atoms with Gasteiger partial charge < -0.3 is 14.2 Å². The zero-order valence-electron chi connectivity index (χ0n) is 11.2. The van der Waals surface area contributed by atoms with Crippen LogP contribution in [0.1, 0.15) is 29.4 Å². The van der Waals surface area contributed by atoms with E-state index in [1.807, 2.05) is 13.8 Å². The molecule has 3 heteroatoms. The molecule has 1 N–H and O–H groups in total. The van der Waals surface area contributed by atoms with Crippen molar-refractivity contribution < 1.29 is 8.83 Å². The Labute approximate surface area is 111 Å². The van der Waals surface area contributed by atoms with E-state index in [0.717, 1.165) is 47.6 Å². The lowest BCUT2D eigenvalue weighted by molar-refractivity contribution is 0.568. The van der Waals surface area contributed by atoms with Gasteiger partial charge in [0.05, 0.1) is 0 Å². The van der Waals surface area contributed by atoms with Crippen LogP contribution in [0.5, 0.6) is 0 Å². The van der Waals surface area contributed by atoms with Gasteiger partial charge in [-0.05, 0) is 45.0 Å². The third-order valence-corrected chi connectivity index (χ3v) is 4.06. The van der Waals surface area contributed by atoms with Crippen molar-refractivity contribution in [2.24, 2.45) is 0 Å². The SMILES string of the molecule is Cc1cc2c(C3CCNC3)c3oc(C)cc3cc2o1. The van der Waals surface area contributed by atoms with Crippen molar-refractivity contribution in [1.29, 1.82) is 0 Å². The summed E-state index contributed by atoms with van der Waals surface area (Å²) in [7, 11) is 0. The summed E-state index contributed by atoms with van der Waals surface area (Å²) in [4.78, 5) is 0. The van der Waals surface area contributed by atoms with Crippen LogP contribution >= 0.6 is 0 Å². The molecule has 2 aromatic heterocycles. The number of fused-ring (bicyclic) bond motifs is 2. The molecule has 0 radical (unpaired) electrons. The molecule has 1 fully saturated rings. The van der Waals surface area contributed by atoms with Gasteiger partial charge in [-0.1, -0.05) is 0 Å². The lowest BCUT2D eigenvalue weighted by Gasteiger charge is -2.10. The van der Waals surface area contributed by atoms with E-state index in [0.29, 0.717) is 5.92 Å². The number of benzene rings is 1. The molecule has 0 bridgehead atoms. The summed E-state index contributed by atoms with van der Waals surface area (Å²) < 4.78 is 11.8.